The minimum atomic E-state index is -3.14. The normalized spacial score (nSPS) is 20.4. The molecule has 0 N–H and O–H groups in total. The zero-order valence-corrected chi connectivity index (χ0v) is 32.0. The zero-order valence-electron chi connectivity index (χ0n) is 27.4. The zero-order chi connectivity index (χ0) is 31.0. The Kier molecular flexibility index (Phi) is 7.33. The van der Waals surface area contributed by atoms with Crippen molar-refractivity contribution < 1.29 is 29.4 Å². The summed E-state index contributed by atoms with van der Waals surface area (Å²) < 4.78 is 17.8. The molecule has 4 heteroatoms. The number of hydrogen-bond donors (Lipinski definition) is 0. The second-order valence-electron chi connectivity index (χ2n) is 14.1. The van der Waals surface area contributed by atoms with Crippen LogP contribution in [0.25, 0.3) is 34.4 Å². The van der Waals surface area contributed by atoms with Crippen LogP contribution in [0.15, 0.2) is 95.3 Å². The summed E-state index contributed by atoms with van der Waals surface area (Å²) in [5.41, 5.74) is 12.7. The first-order chi connectivity index (χ1) is 21.1. The van der Waals surface area contributed by atoms with Gasteiger partial charge >= 0.3 is 271 Å². The molecule has 2 nitrogen and oxygen atoms in total. The first-order valence-electron chi connectivity index (χ1n) is 16.1. The van der Waals surface area contributed by atoms with E-state index in [1.807, 2.05) is 10.4 Å². The molecular formula is C40H44HfO2Si. The molecule has 0 amide bonds. The van der Waals surface area contributed by atoms with Crippen molar-refractivity contribution in [3.05, 3.63) is 118 Å². The van der Waals surface area contributed by atoms with Gasteiger partial charge in [-0.05, 0) is 0 Å². The summed E-state index contributed by atoms with van der Waals surface area (Å²) in [6.07, 6.45) is 5.44. The SMILES string of the molecule is COc1ccc(-c2cccc3c2C=C2[CH]3[Hf]([CH3])([CH3])[CH]3C(=Cc4c(-c5ccc(OC)cc5)cccc43)[Si]2(C(C)C)C(C)C)cc1. The van der Waals surface area contributed by atoms with Crippen LogP contribution in [0.1, 0.15) is 57.3 Å². The average Bonchev–Trinajstić information content (AvgIpc) is 3.62. The maximum absolute atomic E-state index is 5.49. The summed E-state index contributed by atoms with van der Waals surface area (Å²) in [5.74, 6) is 1.81. The maximum atomic E-state index is 5.49. The van der Waals surface area contributed by atoms with Crippen LogP contribution < -0.4 is 9.47 Å². The number of hydrogen-bond acceptors (Lipinski definition) is 2. The Morgan fingerprint density at radius 1 is 0.568 bits per heavy atom. The number of fused-ring (bicyclic) bond motifs is 6. The number of rotatable bonds is 6. The molecule has 2 unspecified atom stereocenters. The molecule has 1 fully saturated rings. The van der Waals surface area contributed by atoms with Gasteiger partial charge < -0.3 is 0 Å². The van der Waals surface area contributed by atoms with E-state index < -0.39 is 28.0 Å². The molecule has 1 aliphatic heterocycles. The fourth-order valence-electron chi connectivity index (χ4n) is 9.50. The Morgan fingerprint density at radius 3 is 1.30 bits per heavy atom. The van der Waals surface area contributed by atoms with E-state index in [1.54, 1.807) is 25.3 Å². The third kappa shape index (κ3) is 4.13. The van der Waals surface area contributed by atoms with Crippen molar-refractivity contribution in [1.82, 2.24) is 0 Å². The van der Waals surface area contributed by atoms with Crippen LogP contribution in [0.3, 0.4) is 0 Å². The van der Waals surface area contributed by atoms with Gasteiger partial charge in [0.1, 0.15) is 0 Å². The molecule has 2 aliphatic carbocycles. The second-order valence-corrected chi connectivity index (χ2v) is 36.6. The first kappa shape index (κ1) is 29.7. The minimum absolute atomic E-state index is 0.616. The number of ether oxygens (including phenoxy) is 2. The van der Waals surface area contributed by atoms with Crippen LogP contribution in [0, 0.1) is 0 Å². The summed E-state index contributed by atoms with van der Waals surface area (Å²) in [6.45, 7) is 10.2. The summed E-state index contributed by atoms with van der Waals surface area (Å²) in [6, 6.07) is 31.6. The second kappa shape index (κ2) is 10.8. The van der Waals surface area contributed by atoms with E-state index >= 15 is 0 Å². The van der Waals surface area contributed by atoms with Gasteiger partial charge in [0.05, 0.1) is 0 Å². The average molecular weight is 763 g/mol. The van der Waals surface area contributed by atoms with Crippen LogP contribution in [0.2, 0.25) is 20.4 Å². The van der Waals surface area contributed by atoms with E-state index in [1.165, 1.54) is 33.4 Å². The van der Waals surface area contributed by atoms with Gasteiger partial charge in [0.25, 0.3) is 0 Å². The summed E-state index contributed by atoms with van der Waals surface area (Å²) >= 11 is -3.14. The predicted molar refractivity (Wildman–Crippen MR) is 186 cm³/mol. The van der Waals surface area contributed by atoms with Crippen molar-refractivity contribution >= 4 is 20.2 Å². The molecule has 3 aliphatic rings. The molecule has 1 saturated heterocycles. The van der Waals surface area contributed by atoms with Crippen LogP contribution in [-0.4, -0.2) is 22.3 Å². The quantitative estimate of drug-likeness (QED) is 0.182. The molecule has 0 radical (unpaired) electrons. The van der Waals surface area contributed by atoms with E-state index in [-0.39, 0.29) is 0 Å². The monoisotopic (exact) mass is 764 g/mol. The predicted octanol–water partition coefficient (Wildman–Crippen LogP) is 11.2. The molecule has 0 bridgehead atoms. The van der Waals surface area contributed by atoms with Crippen LogP contribution >= 0.6 is 0 Å². The van der Waals surface area contributed by atoms with Gasteiger partial charge in [0.2, 0.25) is 0 Å². The van der Waals surface area contributed by atoms with E-state index in [9.17, 15) is 0 Å². The third-order valence-corrected chi connectivity index (χ3v) is 34.8. The summed E-state index contributed by atoms with van der Waals surface area (Å²) in [7, 11) is 1.36. The number of benzene rings is 4. The Balaban J connectivity index is 1.47. The van der Waals surface area contributed by atoms with Gasteiger partial charge in [0.15, 0.2) is 0 Å². The van der Waals surface area contributed by atoms with Gasteiger partial charge in [-0.25, -0.2) is 0 Å². The molecule has 44 heavy (non-hydrogen) atoms. The fraction of sp³-hybridized carbons (Fsp3) is 0.300. The van der Waals surface area contributed by atoms with E-state index in [4.69, 9.17) is 9.47 Å². The van der Waals surface area contributed by atoms with E-state index in [2.05, 4.69) is 134 Å². The first-order valence-corrected chi connectivity index (χ1v) is 29.6. The van der Waals surface area contributed by atoms with Crippen molar-refractivity contribution in [3.63, 3.8) is 0 Å². The molecular weight excluding hydrogens is 719 g/mol. The van der Waals surface area contributed by atoms with Crippen molar-refractivity contribution in [3.8, 4) is 33.8 Å². The Bertz CT molecular complexity index is 1680. The standard InChI is InChI=1S/C38H38O2Si.2CH3.Hf/c1-25(2)41(26(3)4,33-21-29-9-7-11-35(37(29)23-33)27-13-17-31(39-5)18-14-27)34-22-30-10-8-12-36(38(30)24-34)28-15-19-32(40-6)20-16-28;;;/h7-26H,1-6H3;2*1H3;. The van der Waals surface area contributed by atoms with Crippen molar-refractivity contribution in [2.75, 3.05) is 14.2 Å². The Morgan fingerprint density at radius 2 is 0.955 bits per heavy atom. The number of allylic oxidation sites excluding steroid dienone is 2. The molecule has 0 aromatic heterocycles. The van der Waals surface area contributed by atoms with Gasteiger partial charge in [-0.2, -0.15) is 0 Å². The molecule has 4 aromatic carbocycles. The van der Waals surface area contributed by atoms with Crippen LogP contribution in [0.4, 0.5) is 0 Å². The molecule has 1 heterocycles. The van der Waals surface area contributed by atoms with Crippen LogP contribution in [-0.2, 0) is 20.0 Å². The van der Waals surface area contributed by atoms with Crippen molar-refractivity contribution in [2.45, 2.75) is 55.5 Å². The topological polar surface area (TPSA) is 18.5 Å². The van der Waals surface area contributed by atoms with Crippen molar-refractivity contribution in [1.29, 1.82) is 0 Å². The van der Waals surface area contributed by atoms with Gasteiger partial charge in [-0.1, -0.05) is 0 Å². The Labute approximate surface area is 269 Å². The molecule has 4 aromatic rings. The van der Waals surface area contributed by atoms with Gasteiger partial charge in [0, 0.05) is 0 Å². The molecule has 7 rings (SSSR count). The number of methoxy groups -OCH3 is 2. The molecule has 0 saturated carbocycles. The summed E-state index contributed by atoms with van der Waals surface area (Å²) in [5, 5.41) is 3.68. The van der Waals surface area contributed by atoms with E-state index in [0.29, 0.717) is 18.4 Å². The van der Waals surface area contributed by atoms with Gasteiger partial charge in [-0.15, -0.1) is 0 Å². The van der Waals surface area contributed by atoms with Crippen molar-refractivity contribution in [2.24, 2.45) is 0 Å². The van der Waals surface area contributed by atoms with Gasteiger partial charge in [-0.3, -0.25) is 0 Å². The van der Waals surface area contributed by atoms with Crippen LogP contribution in [0.5, 0.6) is 11.5 Å². The molecule has 224 valence electrons. The molecule has 0 spiro atoms. The fourth-order valence-corrected chi connectivity index (χ4v) is 42.2. The summed E-state index contributed by atoms with van der Waals surface area (Å²) in [4.78, 5) is 0. The van der Waals surface area contributed by atoms with E-state index in [0.717, 1.165) is 11.5 Å². The molecule has 2 atom stereocenters. The third-order valence-electron chi connectivity index (χ3n) is 11.2. The Hall–Kier alpha value is -2.95.